The Labute approximate surface area is 147 Å². The fraction of sp³-hybridized carbons (Fsp3) is 0.737. The fourth-order valence-corrected chi connectivity index (χ4v) is 6.02. The number of carbonyl (C=O) groups is 1. The van der Waals surface area contributed by atoms with Gasteiger partial charge < -0.3 is 5.32 Å². The van der Waals surface area contributed by atoms with Gasteiger partial charge in [0.25, 0.3) is 11.1 Å². The monoisotopic (exact) mass is 345 g/mol. The maximum Gasteiger partial charge on any atom is 0.265 e. The maximum absolute atomic E-state index is 12.4. The minimum absolute atomic E-state index is 0.0418. The second-order valence-corrected chi connectivity index (χ2v) is 8.62. The van der Waals surface area contributed by atoms with Gasteiger partial charge in [-0.3, -0.25) is 19.5 Å². The Morgan fingerprint density at radius 2 is 1.80 bits per heavy atom. The van der Waals surface area contributed by atoms with Crippen molar-refractivity contribution in [2.45, 2.75) is 64.5 Å². The lowest BCUT2D eigenvalue weighted by Gasteiger charge is -2.59. The van der Waals surface area contributed by atoms with Gasteiger partial charge in [-0.05, 0) is 68.6 Å². The van der Waals surface area contributed by atoms with Gasteiger partial charge in [0.1, 0.15) is 0 Å². The molecule has 4 fully saturated rings. The number of amides is 1. The zero-order chi connectivity index (χ0) is 17.6. The summed E-state index contributed by atoms with van der Waals surface area (Å²) in [6, 6.07) is 2.61. The predicted molar refractivity (Wildman–Crippen MR) is 94.1 cm³/mol. The van der Waals surface area contributed by atoms with E-state index in [1.807, 2.05) is 0 Å². The van der Waals surface area contributed by atoms with Crippen molar-refractivity contribution in [2.75, 3.05) is 0 Å². The van der Waals surface area contributed by atoms with Gasteiger partial charge in [0.15, 0.2) is 0 Å². The zero-order valence-electron chi connectivity index (χ0n) is 14.8. The lowest BCUT2D eigenvalue weighted by Crippen LogP contribution is -2.55. The first kappa shape index (κ1) is 16.6. The molecule has 4 saturated carbocycles. The van der Waals surface area contributed by atoms with E-state index < -0.39 is 0 Å². The number of nitrogens with one attached hydrogen (secondary N) is 2. The maximum atomic E-state index is 12.4. The van der Waals surface area contributed by atoms with Gasteiger partial charge >= 0.3 is 0 Å². The SMILES string of the molecule is CC(NC(=O)CCn1[nH]c(=O)ccc1=O)C12CC3CC(CC(C3)C1)C2. The molecule has 136 valence electrons. The third kappa shape index (κ3) is 3.18. The van der Waals surface area contributed by atoms with Crippen LogP contribution in [0.3, 0.4) is 0 Å². The van der Waals surface area contributed by atoms with Crippen LogP contribution in [0.2, 0.25) is 0 Å². The molecule has 1 amide bonds. The van der Waals surface area contributed by atoms with E-state index in [1.54, 1.807) is 0 Å². The molecule has 1 unspecified atom stereocenters. The number of aryl methyl sites for hydroxylation is 1. The topological polar surface area (TPSA) is 84.0 Å². The molecule has 6 heteroatoms. The van der Waals surface area contributed by atoms with Crippen LogP contribution in [0.5, 0.6) is 0 Å². The van der Waals surface area contributed by atoms with E-state index in [0.29, 0.717) is 0 Å². The van der Waals surface area contributed by atoms with Gasteiger partial charge in [-0.15, -0.1) is 0 Å². The van der Waals surface area contributed by atoms with Crippen molar-refractivity contribution < 1.29 is 4.79 Å². The standard InChI is InChI=1S/C19H27N3O3/c1-12(19-9-13-6-14(10-19)8-15(7-13)11-19)20-16(23)4-5-22-18(25)3-2-17(24)21-22/h2-3,12-15H,4-11H2,1H3,(H,20,23)(H,21,24). The van der Waals surface area contributed by atoms with E-state index in [0.717, 1.165) is 17.8 Å². The Morgan fingerprint density at radius 1 is 1.20 bits per heavy atom. The van der Waals surface area contributed by atoms with Crippen molar-refractivity contribution in [1.82, 2.24) is 15.1 Å². The molecule has 1 atom stereocenters. The van der Waals surface area contributed by atoms with E-state index in [9.17, 15) is 14.4 Å². The minimum Gasteiger partial charge on any atom is -0.353 e. The number of rotatable bonds is 5. The summed E-state index contributed by atoms with van der Waals surface area (Å²) in [6.45, 7) is 2.36. The van der Waals surface area contributed by atoms with E-state index in [2.05, 4.69) is 17.3 Å². The predicted octanol–water partition coefficient (Wildman–Crippen LogP) is 1.65. The zero-order valence-corrected chi connectivity index (χ0v) is 14.8. The van der Waals surface area contributed by atoms with E-state index in [4.69, 9.17) is 0 Å². The molecule has 4 aliphatic rings. The Kier molecular flexibility index (Phi) is 4.08. The van der Waals surface area contributed by atoms with Crippen molar-refractivity contribution >= 4 is 5.91 Å². The van der Waals surface area contributed by atoms with Crippen molar-refractivity contribution in [3.05, 3.63) is 32.8 Å². The number of aromatic amines is 1. The normalized spacial score (nSPS) is 34.0. The number of H-pyrrole nitrogens is 1. The van der Waals surface area contributed by atoms with Crippen LogP contribution in [-0.4, -0.2) is 21.7 Å². The molecule has 0 radical (unpaired) electrons. The lowest BCUT2D eigenvalue weighted by molar-refractivity contribution is -0.126. The Bertz CT molecular complexity index is 743. The largest absolute Gasteiger partial charge is 0.353 e. The molecule has 25 heavy (non-hydrogen) atoms. The van der Waals surface area contributed by atoms with Gasteiger partial charge in [0.05, 0.1) is 6.54 Å². The average Bonchev–Trinajstić information content (AvgIpc) is 2.54. The van der Waals surface area contributed by atoms with Gasteiger partial charge in [-0.2, -0.15) is 0 Å². The van der Waals surface area contributed by atoms with Gasteiger partial charge in [0.2, 0.25) is 5.91 Å². The molecule has 6 nitrogen and oxygen atoms in total. The van der Waals surface area contributed by atoms with Crippen molar-refractivity contribution in [3.8, 4) is 0 Å². The van der Waals surface area contributed by atoms with Crippen molar-refractivity contribution in [2.24, 2.45) is 23.2 Å². The van der Waals surface area contributed by atoms with Crippen LogP contribution in [0.1, 0.15) is 51.9 Å². The molecule has 4 aliphatic carbocycles. The summed E-state index contributed by atoms with van der Waals surface area (Å²) in [6.07, 6.45) is 8.15. The fourth-order valence-electron chi connectivity index (χ4n) is 6.02. The summed E-state index contributed by atoms with van der Waals surface area (Å²) in [5, 5.41) is 5.66. The second kappa shape index (κ2) is 6.15. The Morgan fingerprint density at radius 3 is 2.40 bits per heavy atom. The van der Waals surface area contributed by atoms with Gasteiger partial charge in [0, 0.05) is 24.6 Å². The third-order valence-corrected chi connectivity index (χ3v) is 6.83. The highest BCUT2D eigenvalue weighted by molar-refractivity contribution is 5.76. The van der Waals surface area contributed by atoms with E-state index >= 15 is 0 Å². The molecular weight excluding hydrogens is 318 g/mol. The molecule has 5 rings (SSSR count). The first-order valence-electron chi connectivity index (χ1n) is 9.53. The van der Waals surface area contributed by atoms with Gasteiger partial charge in [-0.1, -0.05) is 0 Å². The Hall–Kier alpha value is -1.85. The van der Waals surface area contributed by atoms with Gasteiger partial charge in [-0.25, -0.2) is 4.68 Å². The molecule has 1 aromatic rings. The summed E-state index contributed by atoms with van der Waals surface area (Å²) < 4.78 is 1.21. The van der Waals surface area contributed by atoms with Crippen LogP contribution in [-0.2, 0) is 11.3 Å². The average molecular weight is 345 g/mol. The van der Waals surface area contributed by atoms with Crippen molar-refractivity contribution in [1.29, 1.82) is 0 Å². The minimum atomic E-state index is -0.332. The van der Waals surface area contributed by atoms with Crippen LogP contribution >= 0.6 is 0 Å². The highest BCUT2D eigenvalue weighted by atomic mass is 16.2. The molecule has 0 aliphatic heterocycles. The molecule has 4 bridgehead atoms. The van der Waals surface area contributed by atoms with Crippen LogP contribution in [0.25, 0.3) is 0 Å². The summed E-state index contributed by atoms with van der Waals surface area (Å²) in [7, 11) is 0. The van der Waals surface area contributed by atoms with E-state index in [-0.39, 0.29) is 41.4 Å². The van der Waals surface area contributed by atoms with E-state index in [1.165, 1.54) is 55.3 Å². The molecule has 2 N–H and O–H groups in total. The number of carbonyl (C=O) groups excluding carboxylic acids is 1. The molecule has 1 heterocycles. The van der Waals surface area contributed by atoms with Crippen LogP contribution in [0.4, 0.5) is 0 Å². The molecule has 0 spiro atoms. The van der Waals surface area contributed by atoms with Crippen LogP contribution in [0.15, 0.2) is 21.7 Å². The number of hydrogen-bond donors (Lipinski definition) is 2. The molecule has 0 saturated heterocycles. The van der Waals surface area contributed by atoms with Crippen LogP contribution < -0.4 is 16.4 Å². The summed E-state index contributed by atoms with van der Waals surface area (Å²) >= 11 is 0. The smallest absolute Gasteiger partial charge is 0.265 e. The molecular formula is C19H27N3O3. The molecule has 1 aromatic heterocycles. The first-order chi connectivity index (χ1) is 11.9. The lowest BCUT2D eigenvalue weighted by atomic mass is 9.48. The van der Waals surface area contributed by atoms with Crippen molar-refractivity contribution in [3.63, 3.8) is 0 Å². The summed E-state index contributed by atoms with van der Waals surface area (Å²) in [5.74, 6) is 2.54. The number of aromatic nitrogens is 2. The summed E-state index contributed by atoms with van der Waals surface area (Å²) in [4.78, 5) is 35.4. The highest BCUT2D eigenvalue weighted by Crippen LogP contribution is 2.61. The summed E-state index contributed by atoms with van der Waals surface area (Å²) in [5.41, 5.74) is -0.342. The second-order valence-electron chi connectivity index (χ2n) is 8.62. The first-order valence-corrected chi connectivity index (χ1v) is 9.53. The molecule has 0 aromatic carbocycles. The number of hydrogen-bond acceptors (Lipinski definition) is 3. The quantitative estimate of drug-likeness (QED) is 0.851. The highest BCUT2D eigenvalue weighted by Gasteiger charge is 2.53. The third-order valence-electron chi connectivity index (χ3n) is 6.83. The Balaban J connectivity index is 1.37. The van der Waals surface area contributed by atoms with Crippen LogP contribution in [0, 0.1) is 23.2 Å². The number of nitrogens with zero attached hydrogens (tertiary/aromatic N) is 1.